The van der Waals surface area contributed by atoms with Gasteiger partial charge in [-0.05, 0) is 28.9 Å². The summed E-state index contributed by atoms with van der Waals surface area (Å²) in [5.74, 6) is 1.38. The fourth-order valence-electron chi connectivity index (χ4n) is 3.21. The number of aromatic nitrogens is 2. The Morgan fingerprint density at radius 3 is 2.50 bits per heavy atom. The van der Waals surface area contributed by atoms with Crippen molar-refractivity contribution < 1.29 is 4.52 Å². The molecule has 0 atom stereocenters. The summed E-state index contributed by atoms with van der Waals surface area (Å²) in [4.78, 5) is 6.73. The Kier molecular flexibility index (Phi) is 4.75. The lowest BCUT2D eigenvalue weighted by atomic mass is 10.0. The lowest BCUT2D eigenvalue weighted by Gasteiger charge is -2.15. The van der Waals surface area contributed by atoms with Gasteiger partial charge in [-0.25, -0.2) is 0 Å². The quantitative estimate of drug-likeness (QED) is 0.519. The number of hydrogen-bond acceptors (Lipinski definition) is 4. The number of rotatable bonds is 6. The summed E-state index contributed by atoms with van der Waals surface area (Å²) in [6.45, 7) is 1.46. The summed E-state index contributed by atoms with van der Waals surface area (Å²) in [5.41, 5.74) is 2.48. The SMILES string of the molecule is CN(Cc1nc(Cc2ccccc2)no1)Cc1cccc2ccccc12. The molecule has 1 aromatic heterocycles. The molecule has 0 amide bonds. The van der Waals surface area contributed by atoms with Crippen LogP contribution in [0.5, 0.6) is 0 Å². The topological polar surface area (TPSA) is 42.2 Å². The molecular formula is C22H21N3O. The zero-order chi connectivity index (χ0) is 17.8. The first-order chi connectivity index (χ1) is 12.8. The lowest BCUT2D eigenvalue weighted by Crippen LogP contribution is -2.17. The molecule has 4 heteroatoms. The van der Waals surface area contributed by atoms with Gasteiger partial charge in [0.05, 0.1) is 6.54 Å². The third-order valence-corrected chi connectivity index (χ3v) is 4.44. The van der Waals surface area contributed by atoms with Gasteiger partial charge in [-0.1, -0.05) is 78.0 Å². The standard InChI is InChI=1S/C22H21N3O/c1-25(15-19-12-7-11-18-10-5-6-13-20(18)19)16-22-23-21(24-26-22)14-17-8-3-2-4-9-17/h2-13H,14-16H2,1H3. The summed E-state index contributed by atoms with van der Waals surface area (Å²) in [5, 5.41) is 6.66. The molecule has 4 nitrogen and oxygen atoms in total. The second-order valence-electron chi connectivity index (χ2n) is 6.58. The molecule has 4 aromatic rings. The number of hydrogen-bond donors (Lipinski definition) is 0. The zero-order valence-corrected chi connectivity index (χ0v) is 14.8. The molecule has 0 unspecified atom stereocenters. The minimum absolute atomic E-state index is 0.630. The molecule has 0 N–H and O–H groups in total. The van der Waals surface area contributed by atoms with Gasteiger partial charge in [0, 0.05) is 13.0 Å². The van der Waals surface area contributed by atoms with Crippen LogP contribution in [0.4, 0.5) is 0 Å². The highest BCUT2D eigenvalue weighted by atomic mass is 16.5. The second kappa shape index (κ2) is 7.50. The molecule has 0 radical (unpaired) electrons. The number of benzene rings is 3. The van der Waals surface area contributed by atoms with Crippen LogP contribution in [-0.4, -0.2) is 22.1 Å². The minimum Gasteiger partial charge on any atom is -0.338 e. The van der Waals surface area contributed by atoms with Crippen LogP contribution in [0.25, 0.3) is 10.8 Å². The van der Waals surface area contributed by atoms with E-state index in [1.807, 2.05) is 18.2 Å². The van der Waals surface area contributed by atoms with E-state index in [1.54, 1.807) is 0 Å². The smallest absolute Gasteiger partial charge is 0.240 e. The van der Waals surface area contributed by atoms with E-state index >= 15 is 0 Å². The minimum atomic E-state index is 0.630. The Bertz CT molecular complexity index is 989. The largest absolute Gasteiger partial charge is 0.338 e. The van der Waals surface area contributed by atoms with Crippen molar-refractivity contribution in [1.29, 1.82) is 0 Å². The summed E-state index contributed by atoms with van der Waals surface area (Å²) < 4.78 is 5.43. The van der Waals surface area contributed by atoms with E-state index in [9.17, 15) is 0 Å². The van der Waals surface area contributed by atoms with Crippen LogP contribution in [0.2, 0.25) is 0 Å². The van der Waals surface area contributed by atoms with Gasteiger partial charge in [0.25, 0.3) is 0 Å². The highest BCUT2D eigenvalue weighted by molar-refractivity contribution is 5.85. The van der Waals surface area contributed by atoms with Crippen LogP contribution in [0.1, 0.15) is 22.8 Å². The molecule has 0 aliphatic heterocycles. The van der Waals surface area contributed by atoms with Crippen LogP contribution in [0, 0.1) is 0 Å². The summed E-state index contributed by atoms with van der Waals surface area (Å²) in [7, 11) is 2.07. The molecule has 26 heavy (non-hydrogen) atoms. The van der Waals surface area contributed by atoms with E-state index in [0.29, 0.717) is 18.9 Å². The monoisotopic (exact) mass is 343 g/mol. The first-order valence-corrected chi connectivity index (χ1v) is 8.78. The van der Waals surface area contributed by atoms with Crippen molar-refractivity contribution in [3.8, 4) is 0 Å². The Balaban J connectivity index is 1.43. The number of fused-ring (bicyclic) bond motifs is 1. The zero-order valence-electron chi connectivity index (χ0n) is 14.8. The number of nitrogens with zero attached hydrogens (tertiary/aromatic N) is 3. The Morgan fingerprint density at radius 2 is 1.62 bits per heavy atom. The van der Waals surface area contributed by atoms with Crippen molar-refractivity contribution >= 4 is 10.8 Å². The van der Waals surface area contributed by atoms with E-state index in [1.165, 1.54) is 21.9 Å². The molecule has 1 heterocycles. The highest BCUT2D eigenvalue weighted by Crippen LogP contribution is 2.20. The van der Waals surface area contributed by atoms with Gasteiger partial charge in [0.1, 0.15) is 0 Å². The lowest BCUT2D eigenvalue weighted by molar-refractivity contribution is 0.261. The normalized spacial score (nSPS) is 11.3. The van der Waals surface area contributed by atoms with Gasteiger partial charge in [0.15, 0.2) is 5.82 Å². The Morgan fingerprint density at radius 1 is 0.846 bits per heavy atom. The van der Waals surface area contributed by atoms with E-state index in [0.717, 1.165) is 12.4 Å². The summed E-state index contributed by atoms with van der Waals surface area (Å²) in [6.07, 6.45) is 0.692. The van der Waals surface area contributed by atoms with Gasteiger partial charge in [-0.3, -0.25) is 4.90 Å². The molecule has 0 bridgehead atoms. The van der Waals surface area contributed by atoms with E-state index in [2.05, 4.69) is 76.7 Å². The molecular weight excluding hydrogens is 322 g/mol. The van der Waals surface area contributed by atoms with E-state index in [-0.39, 0.29) is 0 Å². The van der Waals surface area contributed by atoms with Gasteiger partial charge in [-0.15, -0.1) is 0 Å². The van der Waals surface area contributed by atoms with Crippen molar-refractivity contribution in [2.24, 2.45) is 0 Å². The van der Waals surface area contributed by atoms with Gasteiger partial charge >= 0.3 is 0 Å². The van der Waals surface area contributed by atoms with Crippen molar-refractivity contribution in [2.45, 2.75) is 19.5 Å². The molecule has 0 aliphatic rings. The predicted molar refractivity (Wildman–Crippen MR) is 103 cm³/mol. The summed E-state index contributed by atoms with van der Waals surface area (Å²) in [6, 6.07) is 25.1. The molecule has 0 saturated heterocycles. The van der Waals surface area contributed by atoms with Crippen molar-refractivity contribution in [3.63, 3.8) is 0 Å². The van der Waals surface area contributed by atoms with Crippen LogP contribution in [0.15, 0.2) is 77.3 Å². The first-order valence-electron chi connectivity index (χ1n) is 8.78. The van der Waals surface area contributed by atoms with E-state index < -0.39 is 0 Å². The predicted octanol–water partition coefficient (Wildman–Crippen LogP) is 4.45. The van der Waals surface area contributed by atoms with Crippen LogP contribution in [0.3, 0.4) is 0 Å². The maximum Gasteiger partial charge on any atom is 0.240 e. The second-order valence-corrected chi connectivity index (χ2v) is 6.58. The third kappa shape index (κ3) is 3.81. The molecule has 0 fully saturated rings. The molecule has 4 rings (SSSR count). The summed E-state index contributed by atoms with van der Waals surface area (Å²) >= 11 is 0. The van der Waals surface area contributed by atoms with E-state index in [4.69, 9.17) is 4.52 Å². The highest BCUT2D eigenvalue weighted by Gasteiger charge is 2.11. The van der Waals surface area contributed by atoms with Crippen LogP contribution >= 0.6 is 0 Å². The molecule has 0 saturated carbocycles. The Labute approximate surface area is 153 Å². The maximum absolute atomic E-state index is 5.43. The molecule has 130 valence electrons. The molecule has 3 aromatic carbocycles. The molecule has 0 aliphatic carbocycles. The fraction of sp³-hybridized carbons (Fsp3) is 0.182. The maximum atomic E-state index is 5.43. The van der Waals surface area contributed by atoms with Gasteiger partial charge in [-0.2, -0.15) is 4.98 Å². The molecule has 0 spiro atoms. The van der Waals surface area contributed by atoms with Crippen molar-refractivity contribution in [3.05, 3.63) is 95.6 Å². The van der Waals surface area contributed by atoms with Crippen molar-refractivity contribution in [1.82, 2.24) is 15.0 Å². The average Bonchev–Trinajstić information content (AvgIpc) is 3.09. The van der Waals surface area contributed by atoms with Gasteiger partial charge in [0.2, 0.25) is 5.89 Å². The third-order valence-electron chi connectivity index (χ3n) is 4.44. The van der Waals surface area contributed by atoms with Crippen LogP contribution < -0.4 is 0 Å². The first kappa shape index (κ1) is 16.5. The van der Waals surface area contributed by atoms with Crippen LogP contribution in [-0.2, 0) is 19.5 Å². The van der Waals surface area contributed by atoms with Crippen molar-refractivity contribution in [2.75, 3.05) is 7.05 Å². The fourth-order valence-corrected chi connectivity index (χ4v) is 3.21. The Hall–Kier alpha value is -2.98. The average molecular weight is 343 g/mol. The van der Waals surface area contributed by atoms with Gasteiger partial charge < -0.3 is 4.52 Å².